The number of imidazole rings is 1. The zero-order chi connectivity index (χ0) is 24.9. The number of rotatable bonds is 9. The molecule has 0 bridgehead atoms. The highest BCUT2D eigenvalue weighted by Gasteiger charge is 2.27. The molecule has 0 saturated heterocycles. The summed E-state index contributed by atoms with van der Waals surface area (Å²) < 4.78 is 3.41. The van der Waals surface area contributed by atoms with E-state index in [1.54, 1.807) is 15.6 Å². The predicted molar refractivity (Wildman–Crippen MR) is 138 cm³/mol. The van der Waals surface area contributed by atoms with Crippen molar-refractivity contribution < 1.29 is 4.79 Å². The summed E-state index contributed by atoms with van der Waals surface area (Å²) in [7, 11) is 0. The third kappa shape index (κ3) is 4.94. The highest BCUT2D eigenvalue weighted by atomic mass is 16.2. The number of Topliss-reactive ketones (excluding diaryl/α,β-unsaturated/α-hetero) is 1. The second-order valence-electron chi connectivity index (χ2n) is 9.61. The quantitative estimate of drug-likeness (QED) is 0.338. The lowest BCUT2D eigenvalue weighted by Crippen LogP contribution is -2.20. The van der Waals surface area contributed by atoms with Crippen LogP contribution in [-0.4, -0.2) is 35.5 Å². The van der Waals surface area contributed by atoms with E-state index in [9.17, 15) is 9.59 Å². The summed E-state index contributed by atoms with van der Waals surface area (Å²) >= 11 is 0. The molecular formula is C28H32N6O2. The molecule has 0 atom stereocenters. The van der Waals surface area contributed by atoms with E-state index in [2.05, 4.69) is 39.6 Å². The van der Waals surface area contributed by atoms with Crippen LogP contribution in [0, 0.1) is 5.92 Å². The van der Waals surface area contributed by atoms with Crippen molar-refractivity contribution >= 4 is 5.78 Å². The molecule has 2 heterocycles. The molecule has 1 aliphatic carbocycles. The molecule has 0 unspecified atom stereocenters. The van der Waals surface area contributed by atoms with Gasteiger partial charge < -0.3 is 4.98 Å². The average Bonchev–Trinajstić information content (AvgIpc) is 3.57. The van der Waals surface area contributed by atoms with Gasteiger partial charge >= 0.3 is 5.69 Å². The zero-order valence-electron chi connectivity index (χ0n) is 20.7. The zero-order valence-corrected chi connectivity index (χ0v) is 20.7. The molecule has 1 saturated carbocycles. The van der Waals surface area contributed by atoms with Gasteiger partial charge in [-0.15, -0.1) is 5.10 Å². The summed E-state index contributed by atoms with van der Waals surface area (Å²) in [4.78, 5) is 29.3. The van der Waals surface area contributed by atoms with Gasteiger partial charge in [-0.05, 0) is 53.3 Å². The molecule has 0 spiro atoms. The monoisotopic (exact) mass is 484 g/mol. The largest absolute Gasteiger partial charge is 0.326 e. The maximum Gasteiger partial charge on any atom is 0.326 e. The number of ketones is 1. The van der Waals surface area contributed by atoms with E-state index in [0.29, 0.717) is 12.2 Å². The first-order chi connectivity index (χ1) is 17.7. The summed E-state index contributed by atoms with van der Waals surface area (Å²) in [6.45, 7) is 2.56. The maximum atomic E-state index is 13.3. The van der Waals surface area contributed by atoms with Gasteiger partial charge in [0.1, 0.15) is 12.0 Å². The summed E-state index contributed by atoms with van der Waals surface area (Å²) in [6.07, 6.45) is 9.47. The first-order valence-corrected chi connectivity index (χ1v) is 12.9. The summed E-state index contributed by atoms with van der Waals surface area (Å²) in [5.74, 6) is 0.149. The van der Waals surface area contributed by atoms with Crippen LogP contribution in [0.25, 0.3) is 16.8 Å². The Bertz CT molecular complexity index is 1360. The number of aromatic amines is 1. The van der Waals surface area contributed by atoms with Crippen LogP contribution in [-0.2, 0) is 13.0 Å². The van der Waals surface area contributed by atoms with Gasteiger partial charge in [0.15, 0.2) is 5.78 Å². The van der Waals surface area contributed by atoms with Crippen molar-refractivity contribution in [2.24, 2.45) is 5.92 Å². The second-order valence-corrected chi connectivity index (χ2v) is 9.61. The van der Waals surface area contributed by atoms with E-state index in [1.807, 2.05) is 36.4 Å². The molecule has 8 heteroatoms. The Balaban J connectivity index is 1.42. The number of carbonyl (C=O) groups is 1. The maximum absolute atomic E-state index is 13.3. The fourth-order valence-corrected chi connectivity index (χ4v) is 5.21. The van der Waals surface area contributed by atoms with Gasteiger partial charge in [0.25, 0.3) is 0 Å². The van der Waals surface area contributed by atoms with Crippen LogP contribution < -0.4 is 5.69 Å². The van der Waals surface area contributed by atoms with Crippen LogP contribution in [0.5, 0.6) is 0 Å². The SMILES string of the molecule is CCCCc1c(C(=O)C2CCCCC2)[nH]c(=O)n1Cc1ccc(-c2ccccc2-n2cnnn2)cc1. The molecule has 5 rings (SSSR count). The number of carbonyl (C=O) groups excluding carboxylic acids is 1. The topological polar surface area (TPSA) is 98.5 Å². The Morgan fingerprint density at radius 3 is 2.56 bits per heavy atom. The van der Waals surface area contributed by atoms with E-state index in [4.69, 9.17) is 0 Å². The highest BCUT2D eigenvalue weighted by molar-refractivity contribution is 5.97. The van der Waals surface area contributed by atoms with Crippen molar-refractivity contribution in [3.05, 3.63) is 82.3 Å². The number of benzene rings is 2. The number of hydrogen-bond donors (Lipinski definition) is 1. The lowest BCUT2D eigenvalue weighted by Gasteiger charge is -2.20. The van der Waals surface area contributed by atoms with Crippen LogP contribution in [0.1, 0.15) is 73.6 Å². The van der Waals surface area contributed by atoms with Gasteiger partial charge in [-0.25, -0.2) is 4.79 Å². The van der Waals surface area contributed by atoms with Crippen molar-refractivity contribution in [2.45, 2.75) is 64.8 Å². The van der Waals surface area contributed by atoms with Crippen molar-refractivity contribution in [3.63, 3.8) is 0 Å². The molecule has 0 radical (unpaired) electrons. The molecule has 4 aromatic rings. The number of H-pyrrole nitrogens is 1. The first kappa shape index (κ1) is 23.9. The predicted octanol–water partition coefficient (Wildman–Crippen LogP) is 4.97. The van der Waals surface area contributed by atoms with Crippen LogP contribution in [0.2, 0.25) is 0 Å². The van der Waals surface area contributed by atoms with E-state index in [-0.39, 0.29) is 17.4 Å². The molecular weight excluding hydrogens is 452 g/mol. The second kappa shape index (κ2) is 10.8. The van der Waals surface area contributed by atoms with E-state index >= 15 is 0 Å². The Hall–Kier alpha value is -3.81. The van der Waals surface area contributed by atoms with Gasteiger partial charge in [0, 0.05) is 11.5 Å². The Morgan fingerprint density at radius 1 is 1.06 bits per heavy atom. The van der Waals surface area contributed by atoms with E-state index < -0.39 is 0 Å². The number of aromatic nitrogens is 6. The van der Waals surface area contributed by atoms with Gasteiger partial charge in [-0.3, -0.25) is 9.36 Å². The normalized spacial score (nSPS) is 14.2. The minimum atomic E-state index is -0.201. The first-order valence-electron chi connectivity index (χ1n) is 12.9. The molecule has 36 heavy (non-hydrogen) atoms. The standard InChI is InChI=1S/C28H32N6O2/c1-2-3-12-25-26(27(35)22-9-5-4-6-10-22)30-28(36)33(25)18-20-14-16-21(17-15-20)23-11-7-8-13-24(23)34-19-29-31-32-34/h7-8,11,13-17,19,22H,2-6,9-10,12,18H2,1H3,(H,30,36). The van der Waals surface area contributed by atoms with Gasteiger partial charge in [-0.1, -0.05) is 75.1 Å². The third-order valence-corrected chi connectivity index (χ3v) is 7.19. The van der Waals surface area contributed by atoms with Crippen molar-refractivity contribution in [3.8, 4) is 16.8 Å². The van der Waals surface area contributed by atoms with Crippen molar-refractivity contribution in [1.29, 1.82) is 0 Å². The minimum Gasteiger partial charge on any atom is -0.303 e. The molecule has 8 nitrogen and oxygen atoms in total. The van der Waals surface area contributed by atoms with Crippen molar-refractivity contribution in [2.75, 3.05) is 0 Å². The van der Waals surface area contributed by atoms with Crippen LogP contribution >= 0.6 is 0 Å². The fraction of sp³-hybridized carbons (Fsp3) is 0.393. The Morgan fingerprint density at radius 2 is 1.83 bits per heavy atom. The molecule has 1 N–H and O–H groups in total. The van der Waals surface area contributed by atoms with Crippen LogP contribution in [0.3, 0.4) is 0 Å². The number of tetrazole rings is 1. The molecule has 2 aromatic heterocycles. The van der Waals surface area contributed by atoms with Gasteiger partial charge in [0.2, 0.25) is 0 Å². The van der Waals surface area contributed by atoms with Crippen LogP contribution in [0.15, 0.2) is 59.7 Å². The number of nitrogens with zero attached hydrogens (tertiary/aromatic N) is 5. The average molecular weight is 485 g/mol. The van der Waals surface area contributed by atoms with Crippen molar-refractivity contribution in [1.82, 2.24) is 29.8 Å². The number of nitrogens with one attached hydrogen (secondary N) is 1. The molecule has 186 valence electrons. The summed E-state index contributed by atoms with van der Waals surface area (Å²) in [6, 6.07) is 16.1. The summed E-state index contributed by atoms with van der Waals surface area (Å²) in [5, 5.41) is 11.5. The molecule has 2 aromatic carbocycles. The number of hydrogen-bond acceptors (Lipinski definition) is 5. The molecule has 0 aliphatic heterocycles. The number of para-hydroxylation sites is 1. The van der Waals surface area contributed by atoms with Gasteiger partial charge in [0.05, 0.1) is 17.9 Å². The minimum absolute atomic E-state index is 0.0326. The highest BCUT2D eigenvalue weighted by Crippen LogP contribution is 2.29. The smallest absolute Gasteiger partial charge is 0.303 e. The Kier molecular flexibility index (Phi) is 7.21. The molecule has 1 aliphatic rings. The van der Waals surface area contributed by atoms with Crippen LogP contribution in [0.4, 0.5) is 0 Å². The molecule has 0 amide bonds. The third-order valence-electron chi connectivity index (χ3n) is 7.19. The Labute approximate surface area is 210 Å². The van der Waals surface area contributed by atoms with Gasteiger partial charge in [-0.2, -0.15) is 4.68 Å². The summed E-state index contributed by atoms with van der Waals surface area (Å²) in [5.41, 5.74) is 5.13. The lowest BCUT2D eigenvalue weighted by atomic mass is 9.84. The lowest BCUT2D eigenvalue weighted by molar-refractivity contribution is 0.0883. The van der Waals surface area contributed by atoms with E-state index in [1.165, 1.54) is 6.42 Å². The van der Waals surface area contributed by atoms with E-state index in [0.717, 1.165) is 73.0 Å². The number of unbranched alkanes of at least 4 members (excludes halogenated alkanes) is 1. The molecule has 1 fully saturated rings. The fourth-order valence-electron chi connectivity index (χ4n) is 5.21.